The Morgan fingerprint density at radius 2 is 1.89 bits per heavy atom. The van der Waals surface area contributed by atoms with Gasteiger partial charge in [-0.1, -0.05) is 54.5 Å². The van der Waals surface area contributed by atoms with Crippen LogP contribution in [-0.2, 0) is 14.3 Å². The van der Waals surface area contributed by atoms with E-state index in [4.69, 9.17) is 19.1 Å². The molecule has 0 aliphatic heterocycles. The van der Waals surface area contributed by atoms with Crippen LogP contribution in [0.4, 0.5) is 15.1 Å². The van der Waals surface area contributed by atoms with Crippen LogP contribution in [0.15, 0.2) is 64.1 Å². The van der Waals surface area contributed by atoms with E-state index in [1.54, 1.807) is 32.9 Å². The maximum absolute atomic E-state index is 14.9. The highest BCUT2D eigenvalue weighted by Crippen LogP contribution is 2.30. The van der Waals surface area contributed by atoms with E-state index in [0.29, 0.717) is 16.8 Å². The second-order valence-corrected chi connectivity index (χ2v) is 9.38. The van der Waals surface area contributed by atoms with Crippen LogP contribution in [-0.4, -0.2) is 53.6 Å². The fraction of sp³-hybridized carbons (Fsp3) is 0.333. The molecule has 0 spiro atoms. The lowest BCUT2D eigenvalue weighted by Crippen LogP contribution is -2.44. The van der Waals surface area contributed by atoms with Crippen LogP contribution in [0.1, 0.15) is 44.9 Å². The molecule has 0 radical (unpaired) electrons. The highest BCUT2D eigenvalue weighted by Gasteiger charge is 2.19. The van der Waals surface area contributed by atoms with Crippen LogP contribution >= 0.6 is 0 Å². The number of halogens is 1. The molecule has 1 heterocycles. The minimum absolute atomic E-state index is 0.00761. The molecule has 1 amide bonds. The van der Waals surface area contributed by atoms with Gasteiger partial charge in [-0.15, -0.1) is 0 Å². The molecule has 0 aliphatic carbocycles. The van der Waals surface area contributed by atoms with E-state index >= 15 is 0 Å². The van der Waals surface area contributed by atoms with Crippen LogP contribution in [0, 0.1) is 5.82 Å². The van der Waals surface area contributed by atoms with Gasteiger partial charge in [0.2, 0.25) is 5.96 Å². The van der Waals surface area contributed by atoms with Crippen LogP contribution in [0.3, 0.4) is 0 Å². The molecule has 2 aromatic carbocycles. The molecule has 0 fully saturated rings. The van der Waals surface area contributed by atoms with Gasteiger partial charge in [0.05, 0.1) is 12.3 Å². The quantitative estimate of drug-likeness (QED) is 0.205. The number of ether oxygens (including phenoxy) is 2. The second-order valence-electron chi connectivity index (χ2n) is 9.38. The van der Waals surface area contributed by atoms with Gasteiger partial charge in [0.15, 0.2) is 0 Å². The van der Waals surface area contributed by atoms with Crippen molar-refractivity contribution in [1.82, 2.24) is 15.8 Å². The number of guanidine groups is 1. The van der Waals surface area contributed by atoms with E-state index in [1.807, 2.05) is 43.3 Å². The number of hydrogen-bond acceptors (Lipinski definition) is 7. The molecule has 0 saturated carbocycles. The molecule has 0 aliphatic rings. The first-order valence-corrected chi connectivity index (χ1v) is 12.0. The number of nitrogens with one attached hydrogen (secondary N) is 2. The molecule has 3 rings (SSSR count). The third-order valence-electron chi connectivity index (χ3n) is 5.14. The number of aliphatic carboxylic acids is 1. The summed E-state index contributed by atoms with van der Waals surface area (Å²) in [5, 5.41) is 18.1. The largest absolute Gasteiger partial charge is 0.480 e. The number of amides is 1. The molecule has 202 valence electrons. The highest BCUT2D eigenvalue weighted by molar-refractivity contribution is 5.95. The highest BCUT2D eigenvalue weighted by atomic mass is 19.1. The molecular formula is C27H31FN4O6. The summed E-state index contributed by atoms with van der Waals surface area (Å²) in [6.45, 7) is 6.75. The molecule has 0 bridgehead atoms. The zero-order valence-electron chi connectivity index (χ0n) is 21.7. The van der Waals surface area contributed by atoms with Crippen molar-refractivity contribution in [3.8, 4) is 11.1 Å². The predicted molar refractivity (Wildman–Crippen MR) is 139 cm³/mol. The lowest BCUT2D eigenvalue weighted by Gasteiger charge is -2.20. The van der Waals surface area contributed by atoms with Gasteiger partial charge in [-0.2, -0.15) is 4.99 Å². The number of alkyl carbamates (subject to hydrolysis) is 1. The smallest absolute Gasteiger partial charge is 0.414 e. The molecule has 11 heteroatoms. The van der Waals surface area contributed by atoms with Crippen molar-refractivity contribution in [1.29, 1.82) is 0 Å². The van der Waals surface area contributed by atoms with E-state index in [9.17, 15) is 14.0 Å². The number of carboxylic acid groups (broad SMARTS) is 1. The number of carbonyl (C=O) groups excluding carboxylic acids is 1. The third kappa shape index (κ3) is 8.70. The summed E-state index contributed by atoms with van der Waals surface area (Å²) in [6.07, 6.45) is -0.753. The number of carbonyl (C=O) groups is 2. The minimum Gasteiger partial charge on any atom is -0.480 e. The van der Waals surface area contributed by atoms with Gasteiger partial charge in [0.25, 0.3) is 5.88 Å². The van der Waals surface area contributed by atoms with Gasteiger partial charge in [-0.25, -0.2) is 14.0 Å². The summed E-state index contributed by atoms with van der Waals surface area (Å²) < 4.78 is 30.4. The van der Waals surface area contributed by atoms with Gasteiger partial charge in [0.1, 0.15) is 18.0 Å². The zero-order valence-corrected chi connectivity index (χ0v) is 21.7. The number of nitrogens with zero attached hydrogens (tertiary/aromatic N) is 2. The van der Waals surface area contributed by atoms with E-state index < -0.39 is 24.3 Å². The molecule has 1 atom stereocenters. The molecular weight excluding hydrogens is 495 g/mol. The van der Waals surface area contributed by atoms with Crippen molar-refractivity contribution in [2.24, 2.45) is 4.99 Å². The first-order valence-electron chi connectivity index (χ1n) is 12.0. The maximum Gasteiger partial charge on any atom is 0.414 e. The summed E-state index contributed by atoms with van der Waals surface area (Å²) >= 11 is 0. The van der Waals surface area contributed by atoms with E-state index in [-0.39, 0.29) is 36.7 Å². The standard InChI is InChI=1S/C27H31FN4O6/c1-17(19-10-11-20(21(28)14-19)18-8-6-5-7-9-18)22-15-23(38-32-22)30-25(29-12-13-36-16-24(33)34)31-26(35)37-27(2,3)4/h5-11,14-15,17H,12-13,16H2,1-4H3,(H,33,34)(H2,29,30,31,35). The molecule has 3 aromatic rings. The van der Waals surface area contributed by atoms with Gasteiger partial charge >= 0.3 is 12.1 Å². The Morgan fingerprint density at radius 3 is 2.55 bits per heavy atom. The fourth-order valence-electron chi connectivity index (χ4n) is 3.38. The normalized spacial score (nSPS) is 12.6. The minimum atomic E-state index is -1.09. The number of aromatic nitrogens is 1. The Labute approximate surface area is 219 Å². The molecule has 0 saturated heterocycles. The van der Waals surface area contributed by atoms with Crippen LogP contribution in [0.25, 0.3) is 11.1 Å². The first-order chi connectivity index (χ1) is 18.0. The topological polar surface area (TPSA) is 135 Å². The summed E-state index contributed by atoms with van der Waals surface area (Å²) in [5.74, 6) is -1.67. The van der Waals surface area contributed by atoms with E-state index in [2.05, 4.69) is 20.8 Å². The zero-order chi connectivity index (χ0) is 27.7. The Kier molecular flexibility index (Phi) is 9.55. The van der Waals surface area contributed by atoms with Crippen LogP contribution < -0.4 is 10.6 Å². The van der Waals surface area contributed by atoms with Crippen molar-refractivity contribution in [3.05, 3.63) is 71.7 Å². The van der Waals surface area contributed by atoms with E-state index in [0.717, 1.165) is 5.56 Å². The van der Waals surface area contributed by atoms with Gasteiger partial charge in [0, 0.05) is 24.1 Å². The molecule has 1 aromatic heterocycles. The Morgan fingerprint density at radius 1 is 1.16 bits per heavy atom. The van der Waals surface area contributed by atoms with E-state index in [1.165, 1.54) is 6.07 Å². The Balaban J connectivity index is 1.74. The summed E-state index contributed by atoms with van der Waals surface area (Å²) in [7, 11) is 0. The van der Waals surface area contributed by atoms with Gasteiger partial charge < -0.3 is 24.4 Å². The van der Waals surface area contributed by atoms with Crippen molar-refractivity contribution in [3.63, 3.8) is 0 Å². The van der Waals surface area contributed by atoms with Crippen molar-refractivity contribution in [2.45, 2.75) is 39.2 Å². The summed E-state index contributed by atoms with van der Waals surface area (Å²) in [6, 6.07) is 15.9. The molecule has 1 unspecified atom stereocenters. The predicted octanol–water partition coefficient (Wildman–Crippen LogP) is 4.84. The molecule has 3 N–H and O–H groups in total. The summed E-state index contributed by atoms with van der Waals surface area (Å²) in [4.78, 5) is 27.1. The number of rotatable bonds is 9. The average Bonchev–Trinajstić information content (AvgIpc) is 3.30. The fourth-order valence-corrected chi connectivity index (χ4v) is 3.38. The van der Waals surface area contributed by atoms with Crippen LogP contribution in [0.2, 0.25) is 0 Å². The molecule has 38 heavy (non-hydrogen) atoms. The lowest BCUT2D eigenvalue weighted by molar-refractivity contribution is -0.142. The SMILES string of the molecule is CC(c1ccc(-c2ccccc2)c(F)c1)c1cc(/N=C(\NCCOCC(=O)O)NC(=O)OC(C)(C)C)on1. The third-order valence-corrected chi connectivity index (χ3v) is 5.14. The van der Waals surface area contributed by atoms with Gasteiger partial charge in [-0.05, 0) is 38.0 Å². The Bertz CT molecular complexity index is 1270. The monoisotopic (exact) mass is 526 g/mol. The average molecular weight is 527 g/mol. The lowest BCUT2D eigenvalue weighted by atomic mass is 9.95. The summed E-state index contributed by atoms with van der Waals surface area (Å²) in [5.41, 5.74) is 1.76. The van der Waals surface area contributed by atoms with Crippen LogP contribution in [0.5, 0.6) is 0 Å². The van der Waals surface area contributed by atoms with Gasteiger partial charge in [-0.3, -0.25) is 5.32 Å². The second kappa shape index (κ2) is 12.8. The van der Waals surface area contributed by atoms with Crippen molar-refractivity contribution >= 4 is 23.9 Å². The number of hydrogen-bond donors (Lipinski definition) is 3. The first kappa shape index (κ1) is 28.3. The molecule has 10 nitrogen and oxygen atoms in total. The number of benzene rings is 2. The number of aliphatic imine (C=N–C) groups is 1. The maximum atomic E-state index is 14.9. The Hall–Kier alpha value is -4.25. The number of carboxylic acids is 1. The van der Waals surface area contributed by atoms with Crippen molar-refractivity contribution in [2.75, 3.05) is 19.8 Å². The van der Waals surface area contributed by atoms with Crippen molar-refractivity contribution < 1.29 is 33.1 Å².